The summed E-state index contributed by atoms with van der Waals surface area (Å²) in [6, 6.07) is 3.14. The number of rotatable bonds is 3. The first-order valence-electron chi connectivity index (χ1n) is 5.29. The Balaban J connectivity index is 2.16. The molecule has 0 saturated carbocycles. The van der Waals surface area contributed by atoms with Crippen LogP contribution in [-0.4, -0.2) is 47.0 Å². The Labute approximate surface area is 98.4 Å². The molecule has 0 aliphatic carbocycles. The van der Waals surface area contributed by atoms with E-state index in [1.807, 2.05) is 19.1 Å². The fourth-order valence-electron chi connectivity index (χ4n) is 1.97. The van der Waals surface area contributed by atoms with Crippen LogP contribution < -0.4 is 0 Å². The molecule has 17 heavy (non-hydrogen) atoms. The smallest absolute Gasteiger partial charge is 0.323 e. The third kappa shape index (κ3) is 2.11. The SMILES string of the molecule is Cc1ccc(C2CN(CC(=O)O)C(=O)N2C)o1. The lowest BCUT2D eigenvalue weighted by atomic mass is 10.2. The van der Waals surface area contributed by atoms with Crippen molar-refractivity contribution in [2.75, 3.05) is 20.1 Å². The van der Waals surface area contributed by atoms with Crippen molar-refractivity contribution in [2.24, 2.45) is 0 Å². The molecule has 1 atom stereocenters. The molecule has 1 saturated heterocycles. The van der Waals surface area contributed by atoms with Gasteiger partial charge in [-0.05, 0) is 19.1 Å². The summed E-state index contributed by atoms with van der Waals surface area (Å²) in [4.78, 5) is 25.2. The van der Waals surface area contributed by atoms with Gasteiger partial charge in [0.15, 0.2) is 0 Å². The number of hydrogen-bond donors (Lipinski definition) is 1. The molecule has 1 N–H and O–H groups in total. The van der Waals surface area contributed by atoms with Crippen LogP contribution in [0, 0.1) is 6.92 Å². The number of carbonyl (C=O) groups is 2. The van der Waals surface area contributed by atoms with E-state index in [0.717, 1.165) is 5.76 Å². The van der Waals surface area contributed by atoms with Gasteiger partial charge in [-0.25, -0.2) is 4.79 Å². The van der Waals surface area contributed by atoms with Crippen LogP contribution in [0.1, 0.15) is 17.6 Å². The monoisotopic (exact) mass is 238 g/mol. The van der Waals surface area contributed by atoms with E-state index in [0.29, 0.717) is 12.3 Å². The molecule has 1 unspecified atom stereocenters. The normalized spacial score (nSPS) is 20.1. The third-order valence-corrected chi connectivity index (χ3v) is 2.85. The lowest BCUT2D eigenvalue weighted by Gasteiger charge is -2.15. The van der Waals surface area contributed by atoms with E-state index in [4.69, 9.17) is 9.52 Å². The standard InChI is InChI=1S/C11H14N2O4/c1-7-3-4-9(17-7)8-5-13(6-10(14)15)11(16)12(8)2/h3-4,8H,5-6H2,1-2H3,(H,14,15). The summed E-state index contributed by atoms with van der Waals surface area (Å²) in [5.74, 6) is 0.451. The van der Waals surface area contributed by atoms with Gasteiger partial charge in [0, 0.05) is 7.05 Å². The molecule has 1 aliphatic heterocycles. The maximum atomic E-state index is 11.8. The second kappa shape index (κ2) is 4.12. The minimum Gasteiger partial charge on any atom is -0.480 e. The molecule has 1 aromatic rings. The van der Waals surface area contributed by atoms with Crippen LogP contribution in [0.3, 0.4) is 0 Å². The predicted molar refractivity (Wildman–Crippen MR) is 58.6 cm³/mol. The van der Waals surface area contributed by atoms with Gasteiger partial charge < -0.3 is 19.3 Å². The Morgan fingerprint density at radius 3 is 2.82 bits per heavy atom. The minimum atomic E-state index is -1.01. The van der Waals surface area contributed by atoms with Crippen molar-refractivity contribution in [3.63, 3.8) is 0 Å². The molecular weight excluding hydrogens is 224 g/mol. The molecule has 2 heterocycles. The molecule has 0 aromatic carbocycles. The second-order valence-electron chi connectivity index (χ2n) is 4.13. The highest BCUT2D eigenvalue weighted by atomic mass is 16.4. The van der Waals surface area contributed by atoms with Gasteiger partial charge in [-0.1, -0.05) is 0 Å². The van der Waals surface area contributed by atoms with E-state index >= 15 is 0 Å². The van der Waals surface area contributed by atoms with Gasteiger partial charge in [0.1, 0.15) is 24.1 Å². The quantitative estimate of drug-likeness (QED) is 0.855. The molecule has 0 radical (unpaired) electrons. The van der Waals surface area contributed by atoms with Crippen molar-refractivity contribution < 1.29 is 19.1 Å². The maximum Gasteiger partial charge on any atom is 0.323 e. The first kappa shape index (κ1) is 11.5. The third-order valence-electron chi connectivity index (χ3n) is 2.85. The maximum absolute atomic E-state index is 11.8. The Hall–Kier alpha value is -1.98. The molecule has 6 heteroatoms. The first-order chi connectivity index (χ1) is 7.99. The highest BCUT2D eigenvalue weighted by Crippen LogP contribution is 2.28. The number of aryl methyl sites for hydroxylation is 1. The molecule has 0 bridgehead atoms. The predicted octanol–water partition coefficient (Wildman–Crippen LogP) is 1.08. The highest BCUT2D eigenvalue weighted by molar-refractivity contribution is 5.82. The summed E-state index contributed by atoms with van der Waals surface area (Å²) in [7, 11) is 1.65. The van der Waals surface area contributed by atoms with Crippen LogP contribution in [0.25, 0.3) is 0 Å². The molecular formula is C11H14N2O4. The number of likely N-dealkylation sites (N-methyl/N-ethyl adjacent to an activating group) is 1. The minimum absolute atomic E-state index is 0.212. The van der Waals surface area contributed by atoms with Gasteiger partial charge in [-0.3, -0.25) is 4.79 Å². The molecule has 1 aromatic heterocycles. The fourth-order valence-corrected chi connectivity index (χ4v) is 1.97. The number of carboxylic acid groups (broad SMARTS) is 1. The van der Waals surface area contributed by atoms with Crippen LogP contribution in [0.15, 0.2) is 16.5 Å². The molecule has 1 aliphatic rings. The molecule has 2 rings (SSSR count). The van der Waals surface area contributed by atoms with E-state index < -0.39 is 5.97 Å². The summed E-state index contributed by atoms with van der Waals surface area (Å²) < 4.78 is 5.47. The first-order valence-corrected chi connectivity index (χ1v) is 5.29. The zero-order valence-corrected chi connectivity index (χ0v) is 9.71. The number of amides is 2. The number of urea groups is 1. The van der Waals surface area contributed by atoms with Crippen LogP contribution in [0.2, 0.25) is 0 Å². The second-order valence-corrected chi connectivity index (χ2v) is 4.13. The van der Waals surface area contributed by atoms with E-state index in [1.165, 1.54) is 9.80 Å². The van der Waals surface area contributed by atoms with Gasteiger partial charge in [-0.2, -0.15) is 0 Å². The van der Waals surface area contributed by atoms with Gasteiger partial charge in [0.25, 0.3) is 0 Å². The molecule has 2 amide bonds. The molecule has 6 nitrogen and oxygen atoms in total. The number of nitrogens with zero attached hydrogens (tertiary/aromatic N) is 2. The van der Waals surface area contributed by atoms with Crippen LogP contribution >= 0.6 is 0 Å². The van der Waals surface area contributed by atoms with E-state index in [-0.39, 0.29) is 18.6 Å². The molecule has 92 valence electrons. The number of carbonyl (C=O) groups excluding carboxylic acids is 1. The van der Waals surface area contributed by atoms with Crippen molar-refractivity contribution in [2.45, 2.75) is 13.0 Å². The van der Waals surface area contributed by atoms with E-state index in [9.17, 15) is 9.59 Å². The van der Waals surface area contributed by atoms with Crippen LogP contribution in [0.5, 0.6) is 0 Å². The summed E-state index contributed by atoms with van der Waals surface area (Å²) in [6.07, 6.45) is 0. The zero-order chi connectivity index (χ0) is 12.6. The van der Waals surface area contributed by atoms with Gasteiger partial charge >= 0.3 is 12.0 Å². The summed E-state index contributed by atoms with van der Waals surface area (Å²) in [5.41, 5.74) is 0. The number of hydrogen-bond acceptors (Lipinski definition) is 3. The lowest BCUT2D eigenvalue weighted by molar-refractivity contribution is -0.137. The van der Waals surface area contributed by atoms with Crippen LogP contribution in [0.4, 0.5) is 4.79 Å². The fraction of sp³-hybridized carbons (Fsp3) is 0.455. The van der Waals surface area contributed by atoms with Gasteiger partial charge in [0.05, 0.1) is 6.54 Å². The Morgan fingerprint density at radius 1 is 1.59 bits per heavy atom. The molecule has 1 fully saturated rings. The largest absolute Gasteiger partial charge is 0.480 e. The van der Waals surface area contributed by atoms with Crippen molar-refractivity contribution in [3.8, 4) is 0 Å². The Bertz CT molecular complexity index is 454. The van der Waals surface area contributed by atoms with Crippen LogP contribution in [-0.2, 0) is 4.79 Å². The number of carboxylic acids is 1. The average molecular weight is 238 g/mol. The van der Waals surface area contributed by atoms with Crippen molar-refractivity contribution in [1.82, 2.24) is 9.80 Å². The van der Waals surface area contributed by atoms with Crippen molar-refractivity contribution in [1.29, 1.82) is 0 Å². The zero-order valence-electron chi connectivity index (χ0n) is 9.71. The van der Waals surface area contributed by atoms with Gasteiger partial charge in [-0.15, -0.1) is 0 Å². The molecule has 0 spiro atoms. The van der Waals surface area contributed by atoms with E-state index in [2.05, 4.69) is 0 Å². The number of furan rings is 1. The summed E-state index contributed by atoms with van der Waals surface area (Å²) in [6.45, 7) is 1.89. The summed E-state index contributed by atoms with van der Waals surface area (Å²) >= 11 is 0. The van der Waals surface area contributed by atoms with Gasteiger partial charge in [0.2, 0.25) is 0 Å². The number of aliphatic carboxylic acids is 1. The van der Waals surface area contributed by atoms with Crippen molar-refractivity contribution >= 4 is 12.0 Å². The lowest BCUT2D eigenvalue weighted by Crippen LogP contribution is -2.33. The topological polar surface area (TPSA) is 74.0 Å². The Morgan fingerprint density at radius 2 is 2.29 bits per heavy atom. The summed E-state index contributed by atoms with van der Waals surface area (Å²) in [5, 5.41) is 8.70. The van der Waals surface area contributed by atoms with E-state index in [1.54, 1.807) is 7.05 Å². The average Bonchev–Trinajstić information content (AvgIpc) is 2.77. The highest BCUT2D eigenvalue weighted by Gasteiger charge is 2.37. The Kier molecular flexibility index (Phi) is 2.79. The van der Waals surface area contributed by atoms with Crippen molar-refractivity contribution in [3.05, 3.63) is 23.7 Å².